The van der Waals surface area contributed by atoms with Gasteiger partial charge in [0.05, 0.1) is 21.5 Å². The predicted octanol–water partition coefficient (Wildman–Crippen LogP) is 3.48. The maximum Gasteiger partial charge on any atom is 0.338 e. The molecule has 0 saturated heterocycles. The molecule has 3 saturated carbocycles. The molecule has 3 aliphatic carbocycles. The second kappa shape index (κ2) is 5.54. The van der Waals surface area contributed by atoms with Gasteiger partial charge in [-0.1, -0.05) is 13.8 Å². The molecule has 0 spiro atoms. The first kappa shape index (κ1) is 16.4. The Morgan fingerprint density at radius 1 is 1.12 bits per heavy atom. The lowest BCUT2D eigenvalue weighted by atomic mass is 9.48. The van der Waals surface area contributed by atoms with Crippen molar-refractivity contribution in [2.24, 2.45) is 17.3 Å². The van der Waals surface area contributed by atoms with Crippen molar-refractivity contribution in [2.75, 3.05) is 0 Å². The highest BCUT2D eigenvalue weighted by Gasteiger charge is 2.55. The van der Waals surface area contributed by atoms with Crippen LogP contribution >= 0.6 is 0 Å². The first-order chi connectivity index (χ1) is 11.2. The molecule has 0 heterocycles. The summed E-state index contributed by atoms with van der Waals surface area (Å²) in [4.78, 5) is 32.7. The maximum atomic E-state index is 12.4. The molecule has 3 fully saturated rings. The first-order valence-electron chi connectivity index (χ1n) is 7.85. The van der Waals surface area contributed by atoms with Crippen molar-refractivity contribution in [3.05, 3.63) is 44.0 Å². The van der Waals surface area contributed by atoms with Crippen LogP contribution in [0.15, 0.2) is 18.2 Å². The number of fused-ring (bicyclic) bond motifs is 2. The first-order valence-corrected chi connectivity index (χ1v) is 7.85. The Bertz CT molecular complexity index is 695. The molecule has 1 aromatic carbocycles. The summed E-state index contributed by atoms with van der Waals surface area (Å²) in [7, 11) is 0. The second-order valence-electron chi connectivity index (χ2n) is 7.13. The summed E-state index contributed by atoms with van der Waals surface area (Å²) in [6.07, 6.45) is 2.52. The Morgan fingerprint density at radius 3 is 2.17 bits per heavy atom. The number of carbonyl (C=O) groups excluding carboxylic acids is 1. The van der Waals surface area contributed by atoms with E-state index in [4.69, 9.17) is 4.74 Å². The Hall–Kier alpha value is -2.51. The van der Waals surface area contributed by atoms with Crippen molar-refractivity contribution in [2.45, 2.75) is 39.2 Å². The maximum absolute atomic E-state index is 12.4. The van der Waals surface area contributed by atoms with Crippen LogP contribution in [0.25, 0.3) is 0 Å². The van der Waals surface area contributed by atoms with E-state index in [1.165, 1.54) is 0 Å². The van der Waals surface area contributed by atoms with E-state index in [1.54, 1.807) is 0 Å². The van der Waals surface area contributed by atoms with E-state index in [-0.39, 0.29) is 23.0 Å². The fourth-order valence-corrected chi connectivity index (χ4v) is 4.01. The minimum absolute atomic E-state index is 0.123. The summed E-state index contributed by atoms with van der Waals surface area (Å²) >= 11 is 0. The van der Waals surface area contributed by atoms with Crippen molar-refractivity contribution in [1.82, 2.24) is 0 Å². The van der Waals surface area contributed by atoms with Gasteiger partial charge in [-0.05, 0) is 30.6 Å². The highest BCUT2D eigenvalue weighted by atomic mass is 16.6. The van der Waals surface area contributed by atoms with Crippen LogP contribution in [-0.2, 0) is 4.74 Å². The topological polar surface area (TPSA) is 113 Å². The van der Waals surface area contributed by atoms with Crippen LogP contribution in [0.5, 0.6) is 0 Å². The normalized spacial score (nSPS) is 27.0. The molecule has 24 heavy (non-hydrogen) atoms. The average molecular weight is 334 g/mol. The van der Waals surface area contributed by atoms with E-state index in [0.717, 1.165) is 37.5 Å². The van der Waals surface area contributed by atoms with E-state index < -0.39 is 27.2 Å². The number of carbonyl (C=O) groups is 1. The summed E-state index contributed by atoms with van der Waals surface area (Å²) < 4.78 is 5.55. The Labute approximate surface area is 138 Å². The highest BCUT2D eigenvalue weighted by Crippen LogP contribution is 2.59. The molecule has 0 aliphatic heterocycles. The molecule has 0 amide bonds. The monoisotopic (exact) mass is 334 g/mol. The van der Waals surface area contributed by atoms with E-state index in [9.17, 15) is 25.0 Å². The average Bonchev–Trinajstić information content (AvgIpc) is 2.54. The van der Waals surface area contributed by atoms with E-state index in [0.29, 0.717) is 5.92 Å². The van der Waals surface area contributed by atoms with Crippen LogP contribution in [0.3, 0.4) is 0 Å². The smallest absolute Gasteiger partial charge is 0.338 e. The molecule has 0 N–H and O–H groups in total. The van der Waals surface area contributed by atoms with Gasteiger partial charge >= 0.3 is 5.97 Å². The minimum Gasteiger partial charge on any atom is -0.458 e. The minimum atomic E-state index is -0.760. The molecule has 3 aliphatic rings. The molecule has 0 aromatic heterocycles. The van der Waals surface area contributed by atoms with Crippen molar-refractivity contribution >= 4 is 17.3 Å². The number of benzene rings is 1. The van der Waals surface area contributed by atoms with Gasteiger partial charge < -0.3 is 4.74 Å². The lowest BCUT2D eigenvalue weighted by molar-refractivity contribution is -0.394. The lowest BCUT2D eigenvalue weighted by Gasteiger charge is -2.59. The van der Waals surface area contributed by atoms with Gasteiger partial charge in [-0.25, -0.2) is 4.79 Å². The zero-order valence-corrected chi connectivity index (χ0v) is 13.4. The van der Waals surface area contributed by atoms with E-state index >= 15 is 0 Å². The summed E-state index contributed by atoms with van der Waals surface area (Å²) in [6, 6.07) is 2.87. The lowest BCUT2D eigenvalue weighted by Crippen LogP contribution is -2.55. The molecule has 4 rings (SSSR count). The number of esters is 1. The summed E-state index contributed by atoms with van der Waals surface area (Å²) in [6.45, 7) is 4.31. The zero-order valence-electron chi connectivity index (χ0n) is 13.4. The predicted molar refractivity (Wildman–Crippen MR) is 83.6 cm³/mol. The quantitative estimate of drug-likeness (QED) is 0.473. The van der Waals surface area contributed by atoms with Crippen LogP contribution in [0.4, 0.5) is 11.4 Å². The van der Waals surface area contributed by atoms with Crippen molar-refractivity contribution < 1.29 is 19.4 Å². The third-order valence-electron chi connectivity index (χ3n) is 5.61. The van der Waals surface area contributed by atoms with Crippen LogP contribution in [0, 0.1) is 37.5 Å². The largest absolute Gasteiger partial charge is 0.458 e. The van der Waals surface area contributed by atoms with Gasteiger partial charge in [0, 0.05) is 18.1 Å². The zero-order chi connectivity index (χ0) is 17.6. The number of nitro groups is 2. The van der Waals surface area contributed by atoms with Crippen molar-refractivity contribution in [3.8, 4) is 0 Å². The van der Waals surface area contributed by atoms with Crippen LogP contribution in [0.1, 0.15) is 43.5 Å². The standard InChI is InChI=1S/C16H18N2O6/c1-16(2)10-3-4-14(13(16)7-10)24-15(19)9-5-11(17(20)21)8-12(6-9)18(22)23/h5-6,8,10,13-14H,3-4,7H2,1-2H3/t10-,13-,14+/m0/s1. The molecule has 1 aromatic rings. The molecule has 0 radical (unpaired) electrons. The summed E-state index contributed by atoms with van der Waals surface area (Å²) in [5, 5.41) is 21.8. The van der Waals surface area contributed by atoms with Gasteiger partial charge in [-0.15, -0.1) is 0 Å². The van der Waals surface area contributed by atoms with Crippen molar-refractivity contribution in [1.29, 1.82) is 0 Å². The number of non-ortho nitro benzene ring substituents is 2. The van der Waals surface area contributed by atoms with Gasteiger partial charge in [0.25, 0.3) is 11.4 Å². The molecular formula is C16H18N2O6. The molecule has 2 bridgehead atoms. The highest BCUT2D eigenvalue weighted by molar-refractivity contribution is 5.91. The Morgan fingerprint density at radius 2 is 1.71 bits per heavy atom. The number of nitro benzene ring substituents is 2. The molecule has 8 nitrogen and oxygen atoms in total. The van der Waals surface area contributed by atoms with Gasteiger partial charge in [-0.3, -0.25) is 20.2 Å². The molecular weight excluding hydrogens is 316 g/mol. The van der Waals surface area contributed by atoms with Crippen LogP contribution < -0.4 is 0 Å². The van der Waals surface area contributed by atoms with Crippen molar-refractivity contribution in [3.63, 3.8) is 0 Å². The van der Waals surface area contributed by atoms with Gasteiger partial charge in [0.2, 0.25) is 0 Å². The van der Waals surface area contributed by atoms with E-state index in [2.05, 4.69) is 13.8 Å². The fourth-order valence-electron chi connectivity index (χ4n) is 4.01. The number of rotatable bonds is 4. The number of nitrogens with zero attached hydrogens (tertiary/aromatic N) is 2. The number of hydrogen-bond acceptors (Lipinski definition) is 6. The molecule has 8 heteroatoms. The molecule has 0 unspecified atom stereocenters. The van der Waals surface area contributed by atoms with Gasteiger partial charge in [0.15, 0.2) is 0 Å². The molecule has 128 valence electrons. The second-order valence-corrected chi connectivity index (χ2v) is 7.13. The van der Waals surface area contributed by atoms with Crippen LogP contribution in [0.2, 0.25) is 0 Å². The summed E-state index contributed by atoms with van der Waals surface area (Å²) in [5.74, 6) is 0.179. The van der Waals surface area contributed by atoms with Crippen LogP contribution in [-0.4, -0.2) is 21.9 Å². The number of hydrogen-bond donors (Lipinski definition) is 0. The number of ether oxygens (including phenoxy) is 1. The Balaban J connectivity index is 1.82. The summed E-state index contributed by atoms with van der Waals surface area (Å²) in [5.41, 5.74) is -1.03. The SMILES string of the molecule is CC1(C)[C@H]2CC[C@@H](OC(=O)c3cc([N+](=O)[O-])cc([N+](=O)[O-])c3)[C@@H]1C2. The van der Waals surface area contributed by atoms with E-state index in [1.807, 2.05) is 0 Å². The fraction of sp³-hybridized carbons (Fsp3) is 0.562. The van der Waals surface area contributed by atoms with Gasteiger partial charge in [0.1, 0.15) is 6.10 Å². The van der Waals surface area contributed by atoms with Gasteiger partial charge in [-0.2, -0.15) is 0 Å². The molecule has 3 atom stereocenters. The third kappa shape index (κ3) is 2.61. The Kier molecular flexibility index (Phi) is 3.77. The third-order valence-corrected chi connectivity index (χ3v) is 5.61.